The van der Waals surface area contributed by atoms with E-state index in [9.17, 15) is 0 Å². The molecular weight excluding hydrogens is 268 g/mol. The summed E-state index contributed by atoms with van der Waals surface area (Å²) in [4.78, 5) is 4.13. The number of anilines is 1. The van der Waals surface area contributed by atoms with Gasteiger partial charge in [-0.15, -0.1) is 0 Å². The molecule has 0 amide bonds. The molecule has 2 heteroatoms. The van der Waals surface area contributed by atoms with E-state index in [-0.39, 0.29) is 12.1 Å². The molecule has 1 saturated heterocycles. The molecule has 112 valence electrons. The zero-order chi connectivity index (χ0) is 16.9. The molecule has 0 N–H and O–H groups in total. The molecule has 1 fully saturated rings. The molecular formula is C20H22N2. The minimum Gasteiger partial charge on any atom is -0.354 e. The highest BCUT2D eigenvalue weighted by atomic mass is 15.4. The lowest BCUT2D eigenvalue weighted by Gasteiger charge is -2.27. The molecule has 0 aliphatic carbocycles. The number of nitrogens with zero attached hydrogens (tertiary/aromatic N) is 2. The lowest BCUT2D eigenvalue weighted by molar-refractivity contribution is 0.262. The standard InChI is InChI=1S/C20H22N2/c1-15-8-6-7-11-18(15)21-14-22-19(16(21)2)12-13-20(22)17-9-4-3-5-10-17/h3-13,16,19-20H,14H2,1-2H3/t16-,19?,20?/m0/s1/i14D,20D/t14?,16-,19?,20?. The Bertz CT molecular complexity index is 776. The Balaban J connectivity index is 1.76. The first-order valence-electron chi connectivity index (χ1n) is 8.91. The molecule has 2 aromatic carbocycles. The topological polar surface area (TPSA) is 6.48 Å². The Labute approximate surface area is 135 Å². The summed E-state index contributed by atoms with van der Waals surface area (Å²) in [5.41, 5.74) is 3.17. The molecule has 0 saturated carbocycles. The van der Waals surface area contributed by atoms with E-state index in [4.69, 9.17) is 2.74 Å². The summed E-state index contributed by atoms with van der Waals surface area (Å²) in [6.45, 7) is 3.65. The zero-order valence-electron chi connectivity index (χ0n) is 15.0. The molecule has 2 aliphatic rings. The lowest BCUT2D eigenvalue weighted by Crippen LogP contribution is -2.32. The molecule has 0 spiro atoms. The summed E-state index contributed by atoms with van der Waals surface area (Å²) in [6.07, 6.45) is 4.05. The van der Waals surface area contributed by atoms with Gasteiger partial charge in [-0.05, 0) is 31.0 Å². The van der Waals surface area contributed by atoms with Crippen LogP contribution in [-0.2, 0) is 0 Å². The number of para-hydroxylation sites is 1. The maximum atomic E-state index is 9.07. The summed E-state index contributed by atoms with van der Waals surface area (Å²) >= 11 is 0. The third-order valence-electron chi connectivity index (χ3n) is 4.70. The number of hydrogen-bond acceptors (Lipinski definition) is 2. The predicted octanol–water partition coefficient (Wildman–Crippen LogP) is 4.14. The molecule has 3 unspecified atom stereocenters. The second kappa shape index (κ2) is 5.29. The van der Waals surface area contributed by atoms with Crippen molar-refractivity contribution >= 4 is 5.69 Å². The first kappa shape index (κ1) is 11.5. The van der Waals surface area contributed by atoms with Crippen LogP contribution < -0.4 is 4.90 Å². The van der Waals surface area contributed by atoms with Gasteiger partial charge < -0.3 is 4.90 Å². The molecule has 2 heterocycles. The molecule has 22 heavy (non-hydrogen) atoms. The quantitative estimate of drug-likeness (QED) is 0.767. The van der Waals surface area contributed by atoms with E-state index < -0.39 is 12.7 Å². The highest BCUT2D eigenvalue weighted by Gasteiger charge is 2.42. The van der Waals surface area contributed by atoms with Crippen molar-refractivity contribution < 1.29 is 2.74 Å². The Morgan fingerprint density at radius 2 is 1.77 bits per heavy atom. The summed E-state index contributed by atoms with van der Waals surface area (Å²) in [6, 6.07) is 17.3. The van der Waals surface area contributed by atoms with E-state index in [2.05, 4.69) is 37.0 Å². The first-order chi connectivity index (χ1) is 11.5. The summed E-state index contributed by atoms with van der Waals surface area (Å²) in [7, 11) is 0. The van der Waals surface area contributed by atoms with E-state index in [1.54, 1.807) is 0 Å². The third-order valence-corrected chi connectivity index (χ3v) is 4.70. The number of aryl methyl sites for hydroxylation is 1. The molecule has 2 nitrogen and oxygen atoms in total. The van der Waals surface area contributed by atoms with Crippen molar-refractivity contribution in [1.82, 2.24) is 4.90 Å². The maximum absolute atomic E-state index is 9.07. The van der Waals surface area contributed by atoms with Gasteiger partial charge in [0.2, 0.25) is 0 Å². The molecule has 2 aromatic rings. The summed E-state index contributed by atoms with van der Waals surface area (Å²) in [5, 5.41) is 0. The van der Waals surface area contributed by atoms with Crippen LogP contribution in [0.3, 0.4) is 0 Å². The Kier molecular flexibility index (Phi) is 2.77. The minimum absolute atomic E-state index is 0.0739. The Hall–Kier alpha value is -2.06. The fourth-order valence-electron chi connectivity index (χ4n) is 3.45. The van der Waals surface area contributed by atoms with Gasteiger partial charge in [0.05, 0.1) is 21.4 Å². The van der Waals surface area contributed by atoms with Crippen molar-refractivity contribution in [2.45, 2.75) is 31.9 Å². The second-order valence-corrected chi connectivity index (χ2v) is 6.06. The van der Waals surface area contributed by atoms with Crippen LogP contribution in [-0.4, -0.2) is 23.6 Å². The van der Waals surface area contributed by atoms with E-state index in [0.29, 0.717) is 0 Å². The smallest absolute Gasteiger partial charge is 0.0724 e. The van der Waals surface area contributed by atoms with Crippen LogP contribution >= 0.6 is 0 Å². The Morgan fingerprint density at radius 1 is 1.05 bits per heavy atom. The van der Waals surface area contributed by atoms with E-state index in [0.717, 1.165) is 11.3 Å². The van der Waals surface area contributed by atoms with Gasteiger partial charge in [0.25, 0.3) is 0 Å². The maximum Gasteiger partial charge on any atom is 0.0724 e. The van der Waals surface area contributed by atoms with Gasteiger partial charge >= 0.3 is 0 Å². The Morgan fingerprint density at radius 3 is 2.55 bits per heavy atom. The third kappa shape index (κ3) is 2.06. The number of fused-ring (bicyclic) bond motifs is 1. The fraction of sp³-hybridized carbons (Fsp3) is 0.300. The number of hydrogen-bond donors (Lipinski definition) is 0. The second-order valence-electron chi connectivity index (χ2n) is 6.06. The van der Waals surface area contributed by atoms with Gasteiger partial charge in [-0.1, -0.05) is 60.7 Å². The van der Waals surface area contributed by atoms with Gasteiger partial charge in [-0.25, -0.2) is 0 Å². The predicted molar refractivity (Wildman–Crippen MR) is 91.9 cm³/mol. The van der Waals surface area contributed by atoms with Crippen molar-refractivity contribution in [3.63, 3.8) is 0 Å². The molecule has 0 radical (unpaired) electrons. The monoisotopic (exact) mass is 292 g/mol. The highest BCUT2D eigenvalue weighted by molar-refractivity contribution is 5.55. The van der Waals surface area contributed by atoms with E-state index >= 15 is 0 Å². The van der Waals surface area contributed by atoms with Gasteiger partial charge in [0.15, 0.2) is 0 Å². The normalized spacial score (nSPS) is 35.4. The SMILES string of the molecule is [2H]C1N(c2ccccc2C)[C@@H](C)C2C=CC([2H])(c3ccccc3)N21. The average molecular weight is 292 g/mol. The molecule has 0 aromatic heterocycles. The van der Waals surface area contributed by atoms with Crippen molar-refractivity contribution in [3.8, 4) is 0 Å². The zero-order valence-corrected chi connectivity index (χ0v) is 13.0. The van der Waals surface area contributed by atoms with Crippen LogP contribution in [0.2, 0.25) is 0 Å². The van der Waals surface area contributed by atoms with Gasteiger partial charge in [-0.3, -0.25) is 4.90 Å². The van der Waals surface area contributed by atoms with Gasteiger partial charge in [0.1, 0.15) is 0 Å². The number of benzene rings is 2. The fourth-order valence-corrected chi connectivity index (χ4v) is 3.45. The highest BCUT2D eigenvalue weighted by Crippen LogP contribution is 2.39. The number of rotatable bonds is 2. The van der Waals surface area contributed by atoms with Crippen LogP contribution in [0.15, 0.2) is 66.7 Å². The van der Waals surface area contributed by atoms with Crippen LogP contribution in [0.4, 0.5) is 5.69 Å². The van der Waals surface area contributed by atoms with Gasteiger partial charge in [-0.2, -0.15) is 0 Å². The van der Waals surface area contributed by atoms with Crippen molar-refractivity contribution in [2.75, 3.05) is 11.5 Å². The summed E-state index contributed by atoms with van der Waals surface area (Å²) in [5.74, 6) is 0. The average Bonchev–Trinajstić information content (AvgIpc) is 3.07. The minimum atomic E-state index is -0.982. The van der Waals surface area contributed by atoms with Crippen molar-refractivity contribution in [3.05, 3.63) is 77.9 Å². The molecule has 4 atom stereocenters. The van der Waals surface area contributed by atoms with E-state index in [1.165, 1.54) is 5.56 Å². The summed E-state index contributed by atoms with van der Waals surface area (Å²) < 4.78 is 17.9. The van der Waals surface area contributed by atoms with Crippen LogP contribution in [0, 0.1) is 6.92 Å². The largest absolute Gasteiger partial charge is 0.354 e. The van der Waals surface area contributed by atoms with Crippen molar-refractivity contribution in [2.24, 2.45) is 0 Å². The molecule has 4 rings (SSSR count). The molecule has 0 bridgehead atoms. The van der Waals surface area contributed by atoms with Crippen LogP contribution in [0.5, 0.6) is 0 Å². The lowest BCUT2D eigenvalue weighted by atomic mass is 10.1. The van der Waals surface area contributed by atoms with E-state index in [1.807, 2.05) is 53.4 Å². The van der Waals surface area contributed by atoms with Crippen molar-refractivity contribution in [1.29, 1.82) is 0 Å². The first-order valence-corrected chi connectivity index (χ1v) is 7.83. The van der Waals surface area contributed by atoms with Crippen LogP contribution in [0.1, 0.15) is 26.8 Å². The van der Waals surface area contributed by atoms with Crippen LogP contribution in [0.25, 0.3) is 0 Å². The van der Waals surface area contributed by atoms with Gasteiger partial charge in [0, 0.05) is 11.7 Å². The molecule has 2 aliphatic heterocycles.